The lowest BCUT2D eigenvalue weighted by atomic mass is 10.1. The van der Waals surface area contributed by atoms with Gasteiger partial charge in [0.1, 0.15) is 0 Å². The van der Waals surface area contributed by atoms with Gasteiger partial charge >= 0.3 is 0 Å². The van der Waals surface area contributed by atoms with Crippen molar-refractivity contribution >= 4 is 29.3 Å². The molecule has 5 heteroatoms. The van der Waals surface area contributed by atoms with Crippen LogP contribution in [0.2, 0.25) is 5.02 Å². The molecule has 28 heavy (non-hydrogen) atoms. The van der Waals surface area contributed by atoms with Gasteiger partial charge in [0.25, 0.3) is 0 Å². The minimum atomic E-state index is -0.222. The lowest BCUT2D eigenvalue weighted by Crippen LogP contribution is -2.08. The van der Waals surface area contributed by atoms with Gasteiger partial charge in [-0.15, -0.1) is 0 Å². The van der Waals surface area contributed by atoms with Gasteiger partial charge in [-0.2, -0.15) is 0 Å². The number of methoxy groups -OCH3 is 1. The molecule has 2 aromatic rings. The van der Waals surface area contributed by atoms with Crippen LogP contribution in [-0.2, 0) is 4.79 Å². The van der Waals surface area contributed by atoms with Crippen molar-refractivity contribution in [1.82, 2.24) is 0 Å². The molecule has 2 aromatic carbocycles. The fourth-order valence-electron chi connectivity index (χ4n) is 2.69. The van der Waals surface area contributed by atoms with Crippen molar-refractivity contribution in [2.75, 3.05) is 19.0 Å². The predicted octanol–water partition coefficient (Wildman–Crippen LogP) is 6.27. The monoisotopic (exact) mass is 401 g/mol. The smallest absolute Gasteiger partial charge is 0.248 e. The van der Waals surface area contributed by atoms with Gasteiger partial charge < -0.3 is 14.8 Å². The van der Waals surface area contributed by atoms with Crippen molar-refractivity contribution in [3.8, 4) is 11.5 Å². The van der Waals surface area contributed by atoms with E-state index < -0.39 is 0 Å². The minimum Gasteiger partial charge on any atom is -0.493 e. The van der Waals surface area contributed by atoms with E-state index in [0.29, 0.717) is 23.1 Å². The number of hydrogen-bond acceptors (Lipinski definition) is 3. The lowest BCUT2D eigenvalue weighted by molar-refractivity contribution is -0.111. The number of hydrogen-bond donors (Lipinski definition) is 1. The van der Waals surface area contributed by atoms with Gasteiger partial charge in [0.05, 0.1) is 13.7 Å². The van der Waals surface area contributed by atoms with E-state index in [-0.39, 0.29) is 5.91 Å². The van der Waals surface area contributed by atoms with Crippen molar-refractivity contribution in [3.63, 3.8) is 0 Å². The molecule has 0 saturated carbocycles. The molecule has 2 rings (SSSR count). The maximum Gasteiger partial charge on any atom is 0.248 e. The average Bonchev–Trinajstić information content (AvgIpc) is 2.69. The Bertz CT molecular complexity index is 817. The summed E-state index contributed by atoms with van der Waals surface area (Å²) >= 11 is 5.99. The standard InChI is InChI=1S/C23H28ClNO3/c1-4-5-6-7-14-28-21-12-9-18(15-22(21)27-3)10-13-23(26)25-20-16-19(24)11-8-17(20)2/h8-13,15-16H,4-7,14H2,1-3H3,(H,25,26). The molecule has 0 aliphatic rings. The Morgan fingerprint density at radius 1 is 1.11 bits per heavy atom. The fourth-order valence-corrected chi connectivity index (χ4v) is 2.87. The van der Waals surface area contributed by atoms with Gasteiger partial charge in [-0.25, -0.2) is 0 Å². The molecular weight excluding hydrogens is 374 g/mol. The number of nitrogens with one attached hydrogen (secondary N) is 1. The Balaban J connectivity index is 1.97. The summed E-state index contributed by atoms with van der Waals surface area (Å²) in [5.74, 6) is 1.15. The Hall–Kier alpha value is -2.46. The summed E-state index contributed by atoms with van der Waals surface area (Å²) in [6, 6.07) is 11.0. The van der Waals surface area contributed by atoms with Crippen molar-refractivity contribution in [2.45, 2.75) is 39.5 Å². The van der Waals surface area contributed by atoms with Crippen LogP contribution in [0.1, 0.15) is 43.7 Å². The molecule has 0 unspecified atom stereocenters. The predicted molar refractivity (Wildman–Crippen MR) is 116 cm³/mol. The summed E-state index contributed by atoms with van der Waals surface area (Å²) in [5, 5.41) is 3.42. The SMILES string of the molecule is CCCCCCOc1ccc(C=CC(=O)Nc2cc(Cl)ccc2C)cc1OC. The molecular formula is C23H28ClNO3. The fraction of sp³-hybridized carbons (Fsp3) is 0.348. The first kappa shape index (κ1) is 21.8. The summed E-state index contributed by atoms with van der Waals surface area (Å²) in [6.07, 6.45) is 7.85. The summed E-state index contributed by atoms with van der Waals surface area (Å²) in [4.78, 5) is 12.2. The first-order valence-corrected chi connectivity index (χ1v) is 9.97. The maximum absolute atomic E-state index is 12.2. The molecule has 1 amide bonds. The Morgan fingerprint density at radius 2 is 1.93 bits per heavy atom. The zero-order valence-corrected chi connectivity index (χ0v) is 17.5. The first-order chi connectivity index (χ1) is 13.5. The highest BCUT2D eigenvalue weighted by Gasteiger charge is 2.06. The number of unbranched alkanes of at least 4 members (excludes halogenated alkanes) is 3. The number of amides is 1. The normalized spacial score (nSPS) is 10.9. The zero-order valence-electron chi connectivity index (χ0n) is 16.8. The number of benzene rings is 2. The molecule has 0 bridgehead atoms. The Morgan fingerprint density at radius 3 is 2.68 bits per heavy atom. The van der Waals surface area contributed by atoms with E-state index in [2.05, 4.69) is 12.2 Å². The zero-order chi connectivity index (χ0) is 20.4. The average molecular weight is 402 g/mol. The third-order valence-electron chi connectivity index (χ3n) is 4.33. The molecule has 150 valence electrons. The van der Waals surface area contributed by atoms with Crippen molar-refractivity contribution in [2.24, 2.45) is 0 Å². The van der Waals surface area contributed by atoms with Crippen LogP contribution >= 0.6 is 11.6 Å². The first-order valence-electron chi connectivity index (χ1n) is 9.59. The highest BCUT2D eigenvalue weighted by molar-refractivity contribution is 6.31. The van der Waals surface area contributed by atoms with E-state index in [1.807, 2.05) is 31.2 Å². The third kappa shape index (κ3) is 6.93. The van der Waals surface area contributed by atoms with Crippen LogP contribution in [0, 0.1) is 6.92 Å². The van der Waals surface area contributed by atoms with Gasteiger partial charge in [0.15, 0.2) is 11.5 Å². The molecule has 0 saturated heterocycles. The van der Waals surface area contributed by atoms with E-state index in [4.69, 9.17) is 21.1 Å². The van der Waals surface area contributed by atoms with Gasteiger partial charge in [-0.3, -0.25) is 4.79 Å². The van der Waals surface area contributed by atoms with Crippen LogP contribution in [-0.4, -0.2) is 19.6 Å². The van der Waals surface area contributed by atoms with Gasteiger partial charge in [0.2, 0.25) is 5.91 Å². The van der Waals surface area contributed by atoms with Crippen LogP contribution in [0.25, 0.3) is 6.08 Å². The second kappa shape index (κ2) is 11.4. The Labute approximate surface area is 172 Å². The largest absolute Gasteiger partial charge is 0.493 e. The number of rotatable bonds is 10. The molecule has 0 fully saturated rings. The second-order valence-electron chi connectivity index (χ2n) is 6.60. The molecule has 0 aromatic heterocycles. The van der Waals surface area contributed by atoms with E-state index in [1.165, 1.54) is 25.3 Å². The number of carbonyl (C=O) groups is 1. The van der Waals surface area contributed by atoms with Crippen LogP contribution < -0.4 is 14.8 Å². The quantitative estimate of drug-likeness (QED) is 0.377. The third-order valence-corrected chi connectivity index (χ3v) is 4.56. The number of carbonyl (C=O) groups excluding carboxylic acids is 1. The topological polar surface area (TPSA) is 47.6 Å². The highest BCUT2D eigenvalue weighted by Crippen LogP contribution is 2.29. The minimum absolute atomic E-state index is 0.222. The van der Waals surface area contributed by atoms with E-state index >= 15 is 0 Å². The molecule has 0 spiro atoms. The summed E-state index contributed by atoms with van der Waals surface area (Å²) in [5.41, 5.74) is 2.51. The van der Waals surface area contributed by atoms with Gasteiger partial charge in [-0.1, -0.05) is 49.9 Å². The molecule has 4 nitrogen and oxygen atoms in total. The second-order valence-corrected chi connectivity index (χ2v) is 7.04. The highest BCUT2D eigenvalue weighted by atomic mass is 35.5. The van der Waals surface area contributed by atoms with Crippen LogP contribution in [0.3, 0.4) is 0 Å². The summed E-state index contributed by atoms with van der Waals surface area (Å²) < 4.78 is 11.2. The molecule has 0 radical (unpaired) electrons. The number of ether oxygens (including phenoxy) is 2. The van der Waals surface area contributed by atoms with Crippen LogP contribution in [0.15, 0.2) is 42.5 Å². The van der Waals surface area contributed by atoms with Crippen LogP contribution in [0.4, 0.5) is 5.69 Å². The molecule has 0 heterocycles. The van der Waals surface area contributed by atoms with E-state index in [9.17, 15) is 4.79 Å². The number of halogens is 1. The van der Waals surface area contributed by atoms with E-state index in [1.54, 1.807) is 25.3 Å². The number of aryl methyl sites for hydroxylation is 1. The van der Waals surface area contributed by atoms with Crippen molar-refractivity contribution in [3.05, 3.63) is 58.6 Å². The molecule has 0 atom stereocenters. The number of anilines is 1. The van der Waals surface area contributed by atoms with Crippen molar-refractivity contribution in [1.29, 1.82) is 0 Å². The Kier molecular flexibility index (Phi) is 8.89. The summed E-state index contributed by atoms with van der Waals surface area (Å²) in [6.45, 7) is 4.78. The van der Waals surface area contributed by atoms with Gasteiger partial charge in [-0.05, 0) is 54.8 Å². The maximum atomic E-state index is 12.2. The molecule has 0 aliphatic carbocycles. The molecule has 0 aliphatic heterocycles. The van der Waals surface area contributed by atoms with Gasteiger partial charge in [0, 0.05) is 16.8 Å². The van der Waals surface area contributed by atoms with Crippen molar-refractivity contribution < 1.29 is 14.3 Å². The lowest BCUT2D eigenvalue weighted by Gasteiger charge is -2.11. The van der Waals surface area contributed by atoms with E-state index in [0.717, 1.165) is 23.3 Å². The summed E-state index contributed by atoms with van der Waals surface area (Å²) in [7, 11) is 1.61. The van der Waals surface area contributed by atoms with Crippen LogP contribution in [0.5, 0.6) is 11.5 Å². The molecule has 1 N–H and O–H groups in total.